The third kappa shape index (κ3) is 3.83. The van der Waals surface area contributed by atoms with Crippen LogP contribution in [0.5, 0.6) is 0 Å². The van der Waals surface area contributed by atoms with Gasteiger partial charge in [-0.25, -0.2) is 0 Å². The summed E-state index contributed by atoms with van der Waals surface area (Å²) in [5.74, 6) is 3.67. The first-order valence-electron chi connectivity index (χ1n) is 5.47. The maximum atomic E-state index is 11.5. The van der Waals surface area contributed by atoms with E-state index in [1.807, 2.05) is 6.92 Å². The summed E-state index contributed by atoms with van der Waals surface area (Å²) >= 11 is 0. The molecule has 14 heavy (non-hydrogen) atoms. The standard InChI is InChI=1S/C12H19NO/c1-3-4-5-6-9-13-12(14)10(2)11-7-8-11/h1,10-11H,4-9H2,2H3,(H,13,14). The molecule has 1 amide bonds. The van der Waals surface area contributed by atoms with Crippen molar-refractivity contribution < 1.29 is 4.79 Å². The predicted octanol–water partition coefficient (Wildman–Crippen LogP) is 1.95. The number of carbonyl (C=O) groups is 1. The second kappa shape index (κ2) is 5.70. The van der Waals surface area contributed by atoms with E-state index in [4.69, 9.17) is 6.42 Å². The minimum atomic E-state index is 0.211. The Morgan fingerprint density at radius 3 is 2.86 bits per heavy atom. The molecule has 0 saturated heterocycles. The monoisotopic (exact) mass is 193 g/mol. The van der Waals surface area contributed by atoms with Gasteiger partial charge >= 0.3 is 0 Å². The molecule has 1 fully saturated rings. The third-order valence-electron chi connectivity index (χ3n) is 2.79. The van der Waals surface area contributed by atoms with Crippen LogP contribution in [-0.2, 0) is 4.79 Å². The van der Waals surface area contributed by atoms with Crippen molar-refractivity contribution in [3.05, 3.63) is 0 Å². The van der Waals surface area contributed by atoms with Crippen LogP contribution >= 0.6 is 0 Å². The molecule has 78 valence electrons. The highest BCUT2D eigenvalue weighted by molar-refractivity contribution is 5.78. The lowest BCUT2D eigenvalue weighted by Gasteiger charge is -2.10. The Labute approximate surface area is 86.5 Å². The zero-order valence-corrected chi connectivity index (χ0v) is 8.88. The summed E-state index contributed by atoms with van der Waals surface area (Å²) < 4.78 is 0. The van der Waals surface area contributed by atoms with Crippen molar-refractivity contribution in [3.63, 3.8) is 0 Å². The Morgan fingerprint density at radius 1 is 1.57 bits per heavy atom. The van der Waals surface area contributed by atoms with E-state index in [9.17, 15) is 4.79 Å². The Kier molecular flexibility index (Phi) is 4.52. The highest BCUT2D eigenvalue weighted by Gasteiger charge is 2.32. The van der Waals surface area contributed by atoms with Crippen molar-refractivity contribution in [2.24, 2.45) is 11.8 Å². The van der Waals surface area contributed by atoms with Gasteiger partial charge in [0.05, 0.1) is 0 Å². The fraction of sp³-hybridized carbons (Fsp3) is 0.750. The molecule has 1 aliphatic rings. The zero-order valence-electron chi connectivity index (χ0n) is 8.88. The van der Waals surface area contributed by atoms with Gasteiger partial charge in [0, 0.05) is 18.9 Å². The maximum Gasteiger partial charge on any atom is 0.223 e. The second-order valence-electron chi connectivity index (χ2n) is 4.08. The first-order chi connectivity index (χ1) is 6.75. The van der Waals surface area contributed by atoms with Crippen LogP contribution in [0.3, 0.4) is 0 Å². The van der Waals surface area contributed by atoms with Crippen LogP contribution in [0.25, 0.3) is 0 Å². The van der Waals surface area contributed by atoms with Crippen LogP contribution in [0.4, 0.5) is 0 Å². The lowest BCUT2D eigenvalue weighted by Crippen LogP contribution is -2.30. The van der Waals surface area contributed by atoms with E-state index in [0.29, 0.717) is 5.92 Å². The van der Waals surface area contributed by atoms with Crippen molar-refractivity contribution in [1.82, 2.24) is 5.32 Å². The van der Waals surface area contributed by atoms with Crippen molar-refractivity contribution in [3.8, 4) is 12.3 Å². The Hall–Kier alpha value is -0.970. The first-order valence-corrected chi connectivity index (χ1v) is 5.47. The number of unbranched alkanes of at least 4 members (excludes halogenated alkanes) is 2. The molecule has 1 rings (SSSR count). The minimum Gasteiger partial charge on any atom is -0.356 e. The van der Waals surface area contributed by atoms with Crippen molar-refractivity contribution in [1.29, 1.82) is 0 Å². The van der Waals surface area contributed by atoms with Gasteiger partial charge in [-0.05, 0) is 31.6 Å². The van der Waals surface area contributed by atoms with Gasteiger partial charge in [-0.2, -0.15) is 0 Å². The zero-order chi connectivity index (χ0) is 10.4. The van der Waals surface area contributed by atoms with Crippen molar-refractivity contribution >= 4 is 5.91 Å². The number of rotatable bonds is 6. The molecular formula is C12H19NO. The van der Waals surface area contributed by atoms with Crippen LogP contribution in [-0.4, -0.2) is 12.5 Å². The average molecular weight is 193 g/mol. The molecule has 0 heterocycles. The lowest BCUT2D eigenvalue weighted by atomic mass is 10.1. The third-order valence-corrected chi connectivity index (χ3v) is 2.79. The molecule has 0 bridgehead atoms. The minimum absolute atomic E-state index is 0.211. The summed E-state index contributed by atoms with van der Waals surface area (Å²) in [5, 5.41) is 2.96. The molecule has 0 aromatic heterocycles. The second-order valence-corrected chi connectivity index (χ2v) is 4.08. The number of carbonyl (C=O) groups excluding carboxylic acids is 1. The van der Waals surface area contributed by atoms with Crippen LogP contribution in [0.1, 0.15) is 39.0 Å². The topological polar surface area (TPSA) is 29.1 Å². The summed E-state index contributed by atoms with van der Waals surface area (Å²) in [6.07, 6.45) is 10.4. The van der Waals surface area contributed by atoms with E-state index in [0.717, 1.165) is 25.8 Å². The van der Waals surface area contributed by atoms with Gasteiger partial charge in [-0.15, -0.1) is 12.3 Å². The van der Waals surface area contributed by atoms with Crippen LogP contribution in [0.15, 0.2) is 0 Å². The summed E-state index contributed by atoms with van der Waals surface area (Å²) in [4.78, 5) is 11.5. The van der Waals surface area contributed by atoms with Gasteiger partial charge in [0.25, 0.3) is 0 Å². The SMILES string of the molecule is C#CCCCCNC(=O)C(C)C1CC1. The molecule has 0 radical (unpaired) electrons. The molecule has 2 nitrogen and oxygen atoms in total. The molecule has 0 spiro atoms. The van der Waals surface area contributed by atoms with E-state index in [1.165, 1.54) is 12.8 Å². The molecule has 1 aliphatic carbocycles. The Bertz CT molecular complexity index is 225. The molecule has 1 atom stereocenters. The maximum absolute atomic E-state index is 11.5. The normalized spacial score (nSPS) is 17.1. The number of terminal acetylenes is 1. The van der Waals surface area contributed by atoms with Gasteiger partial charge < -0.3 is 5.32 Å². The predicted molar refractivity (Wildman–Crippen MR) is 57.6 cm³/mol. The molecule has 0 aromatic rings. The molecule has 0 aliphatic heterocycles. The van der Waals surface area contributed by atoms with Gasteiger partial charge in [0.1, 0.15) is 0 Å². The highest BCUT2D eigenvalue weighted by atomic mass is 16.1. The van der Waals surface area contributed by atoms with Gasteiger partial charge in [0.15, 0.2) is 0 Å². The Balaban J connectivity index is 2.00. The Morgan fingerprint density at radius 2 is 2.29 bits per heavy atom. The fourth-order valence-corrected chi connectivity index (χ4v) is 1.53. The molecule has 1 N–H and O–H groups in total. The summed E-state index contributed by atoms with van der Waals surface area (Å²) in [7, 11) is 0. The smallest absolute Gasteiger partial charge is 0.223 e. The van der Waals surface area contributed by atoms with E-state index < -0.39 is 0 Å². The number of hydrogen-bond donors (Lipinski definition) is 1. The van der Waals surface area contributed by atoms with E-state index >= 15 is 0 Å². The van der Waals surface area contributed by atoms with Crippen LogP contribution in [0.2, 0.25) is 0 Å². The summed E-state index contributed by atoms with van der Waals surface area (Å²) in [5.41, 5.74) is 0. The van der Waals surface area contributed by atoms with Crippen LogP contribution < -0.4 is 5.32 Å². The molecular weight excluding hydrogens is 174 g/mol. The lowest BCUT2D eigenvalue weighted by molar-refractivity contribution is -0.125. The van der Waals surface area contributed by atoms with Crippen molar-refractivity contribution in [2.45, 2.75) is 39.0 Å². The highest BCUT2D eigenvalue weighted by Crippen LogP contribution is 2.36. The number of amides is 1. The van der Waals surface area contributed by atoms with Gasteiger partial charge in [0.2, 0.25) is 5.91 Å². The fourth-order valence-electron chi connectivity index (χ4n) is 1.53. The summed E-state index contributed by atoms with van der Waals surface area (Å²) in [6.45, 7) is 2.80. The van der Waals surface area contributed by atoms with Gasteiger partial charge in [-0.1, -0.05) is 6.92 Å². The summed E-state index contributed by atoms with van der Waals surface area (Å²) in [6, 6.07) is 0. The molecule has 2 heteroatoms. The number of hydrogen-bond acceptors (Lipinski definition) is 1. The first kappa shape index (κ1) is 11.1. The van der Waals surface area contributed by atoms with E-state index in [-0.39, 0.29) is 11.8 Å². The number of nitrogens with one attached hydrogen (secondary N) is 1. The van der Waals surface area contributed by atoms with Gasteiger partial charge in [-0.3, -0.25) is 4.79 Å². The van der Waals surface area contributed by atoms with E-state index in [2.05, 4.69) is 11.2 Å². The molecule has 1 unspecified atom stereocenters. The van der Waals surface area contributed by atoms with Crippen molar-refractivity contribution in [2.75, 3.05) is 6.54 Å². The van der Waals surface area contributed by atoms with Crippen LogP contribution in [0, 0.1) is 24.2 Å². The molecule has 1 saturated carbocycles. The largest absolute Gasteiger partial charge is 0.356 e. The molecule has 0 aromatic carbocycles. The average Bonchev–Trinajstić information content (AvgIpc) is 2.99. The quantitative estimate of drug-likeness (QED) is 0.507. The van der Waals surface area contributed by atoms with E-state index in [1.54, 1.807) is 0 Å².